The van der Waals surface area contributed by atoms with Crippen molar-refractivity contribution in [2.45, 2.75) is 13.0 Å². The lowest BCUT2D eigenvalue weighted by Gasteiger charge is -2.21. The predicted molar refractivity (Wildman–Crippen MR) is 79.3 cm³/mol. The minimum absolute atomic E-state index is 0.220. The lowest BCUT2D eigenvalue weighted by Crippen LogP contribution is -2.26. The van der Waals surface area contributed by atoms with E-state index >= 15 is 0 Å². The Morgan fingerprint density at radius 3 is 2.37 bits per heavy atom. The summed E-state index contributed by atoms with van der Waals surface area (Å²) in [7, 11) is 1.73. The molecule has 0 aromatic heterocycles. The molecule has 19 heavy (non-hydrogen) atoms. The molecule has 0 aliphatic rings. The minimum Gasteiger partial charge on any atom is -0.383 e. The molecular weight excluding hydrogens is 234 g/mol. The van der Waals surface area contributed by atoms with Crippen LogP contribution in [0.15, 0.2) is 54.6 Å². The molecular formula is C17H21NO. The van der Waals surface area contributed by atoms with E-state index in [1.54, 1.807) is 7.11 Å². The molecule has 2 aromatic carbocycles. The summed E-state index contributed by atoms with van der Waals surface area (Å²) >= 11 is 0. The first-order chi connectivity index (χ1) is 9.33. The molecule has 0 saturated carbocycles. The van der Waals surface area contributed by atoms with E-state index in [4.69, 9.17) is 4.74 Å². The van der Waals surface area contributed by atoms with E-state index in [2.05, 4.69) is 60.8 Å². The zero-order chi connectivity index (χ0) is 13.5. The average molecular weight is 255 g/mol. The van der Waals surface area contributed by atoms with Crippen LogP contribution in [0.3, 0.4) is 0 Å². The molecule has 0 saturated heterocycles. The SMILES string of the molecule is COCCN[C@H](c1ccccc1)c1ccccc1C. The molecule has 2 aromatic rings. The van der Waals surface area contributed by atoms with Gasteiger partial charge in [-0.3, -0.25) is 0 Å². The lowest BCUT2D eigenvalue weighted by atomic mass is 9.95. The molecule has 0 aliphatic heterocycles. The average Bonchev–Trinajstić information content (AvgIpc) is 2.46. The molecule has 1 N–H and O–H groups in total. The van der Waals surface area contributed by atoms with Gasteiger partial charge in [0, 0.05) is 13.7 Å². The maximum absolute atomic E-state index is 5.13. The second kappa shape index (κ2) is 7.07. The zero-order valence-electron chi connectivity index (χ0n) is 11.6. The van der Waals surface area contributed by atoms with Gasteiger partial charge < -0.3 is 10.1 Å². The highest BCUT2D eigenvalue weighted by Crippen LogP contribution is 2.24. The van der Waals surface area contributed by atoms with Gasteiger partial charge in [-0.05, 0) is 23.6 Å². The molecule has 0 unspecified atom stereocenters. The number of aryl methyl sites for hydroxylation is 1. The Hall–Kier alpha value is -1.64. The van der Waals surface area contributed by atoms with E-state index in [-0.39, 0.29) is 6.04 Å². The zero-order valence-corrected chi connectivity index (χ0v) is 11.6. The van der Waals surface area contributed by atoms with Crippen molar-refractivity contribution in [2.24, 2.45) is 0 Å². The second-order valence-electron chi connectivity index (χ2n) is 4.65. The van der Waals surface area contributed by atoms with E-state index in [0.29, 0.717) is 0 Å². The number of methoxy groups -OCH3 is 1. The Kier molecular flexibility index (Phi) is 5.13. The molecule has 0 bridgehead atoms. The minimum atomic E-state index is 0.220. The molecule has 0 spiro atoms. The summed E-state index contributed by atoms with van der Waals surface area (Å²) in [5.74, 6) is 0. The van der Waals surface area contributed by atoms with Crippen LogP contribution >= 0.6 is 0 Å². The molecule has 0 aliphatic carbocycles. The van der Waals surface area contributed by atoms with E-state index in [1.807, 2.05) is 6.07 Å². The molecule has 100 valence electrons. The fourth-order valence-corrected chi connectivity index (χ4v) is 2.27. The number of rotatable bonds is 6. The summed E-state index contributed by atoms with van der Waals surface area (Å²) in [6.07, 6.45) is 0. The van der Waals surface area contributed by atoms with Crippen molar-refractivity contribution in [1.29, 1.82) is 0 Å². The maximum atomic E-state index is 5.13. The molecule has 2 heteroatoms. The number of nitrogens with one attached hydrogen (secondary N) is 1. The summed E-state index contributed by atoms with van der Waals surface area (Å²) < 4.78 is 5.13. The third-order valence-corrected chi connectivity index (χ3v) is 3.29. The lowest BCUT2D eigenvalue weighted by molar-refractivity contribution is 0.197. The predicted octanol–water partition coefficient (Wildman–Crippen LogP) is 3.32. The van der Waals surface area contributed by atoms with Crippen LogP contribution in [0.1, 0.15) is 22.7 Å². The smallest absolute Gasteiger partial charge is 0.0587 e. The summed E-state index contributed by atoms with van der Waals surface area (Å²) in [6, 6.07) is 19.3. The van der Waals surface area contributed by atoms with Gasteiger partial charge in [-0.2, -0.15) is 0 Å². The van der Waals surface area contributed by atoms with Crippen LogP contribution in [0.2, 0.25) is 0 Å². The third kappa shape index (κ3) is 3.66. The number of hydrogen-bond donors (Lipinski definition) is 1. The van der Waals surface area contributed by atoms with E-state index in [1.165, 1.54) is 16.7 Å². The molecule has 2 rings (SSSR count). The van der Waals surface area contributed by atoms with Crippen LogP contribution in [-0.4, -0.2) is 20.3 Å². The Morgan fingerprint density at radius 1 is 1.00 bits per heavy atom. The molecule has 0 radical (unpaired) electrons. The number of ether oxygens (including phenoxy) is 1. The molecule has 0 amide bonds. The van der Waals surface area contributed by atoms with Crippen LogP contribution in [0.25, 0.3) is 0 Å². The van der Waals surface area contributed by atoms with Gasteiger partial charge in [0.1, 0.15) is 0 Å². The van der Waals surface area contributed by atoms with Crippen molar-refractivity contribution in [3.63, 3.8) is 0 Å². The Bertz CT molecular complexity index is 496. The van der Waals surface area contributed by atoms with Crippen LogP contribution in [0, 0.1) is 6.92 Å². The van der Waals surface area contributed by atoms with Crippen molar-refractivity contribution in [2.75, 3.05) is 20.3 Å². The topological polar surface area (TPSA) is 21.3 Å². The highest BCUT2D eigenvalue weighted by Gasteiger charge is 2.14. The summed E-state index contributed by atoms with van der Waals surface area (Å²) in [6.45, 7) is 3.71. The third-order valence-electron chi connectivity index (χ3n) is 3.29. The Morgan fingerprint density at radius 2 is 1.68 bits per heavy atom. The van der Waals surface area contributed by atoms with Gasteiger partial charge in [-0.1, -0.05) is 54.6 Å². The van der Waals surface area contributed by atoms with Crippen LogP contribution in [-0.2, 0) is 4.74 Å². The second-order valence-corrected chi connectivity index (χ2v) is 4.65. The fraction of sp³-hybridized carbons (Fsp3) is 0.294. The van der Waals surface area contributed by atoms with Crippen molar-refractivity contribution in [1.82, 2.24) is 5.32 Å². The van der Waals surface area contributed by atoms with Crippen molar-refractivity contribution in [3.05, 3.63) is 71.3 Å². The fourth-order valence-electron chi connectivity index (χ4n) is 2.27. The summed E-state index contributed by atoms with van der Waals surface area (Å²) in [5.41, 5.74) is 3.92. The van der Waals surface area contributed by atoms with Crippen LogP contribution in [0.4, 0.5) is 0 Å². The van der Waals surface area contributed by atoms with Gasteiger partial charge in [-0.15, -0.1) is 0 Å². The first-order valence-corrected chi connectivity index (χ1v) is 6.65. The maximum Gasteiger partial charge on any atom is 0.0587 e. The first kappa shape index (κ1) is 13.8. The number of hydrogen-bond acceptors (Lipinski definition) is 2. The summed E-state index contributed by atoms with van der Waals surface area (Å²) in [4.78, 5) is 0. The van der Waals surface area contributed by atoms with Crippen molar-refractivity contribution < 1.29 is 4.74 Å². The van der Waals surface area contributed by atoms with Crippen molar-refractivity contribution >= 4 is 0 Å². The largest absolute Gasteiger partial charge is 0.383 e. The van der Waals surface area contributed by atoms with Crippen LogP contribution in [0.5, 0.6) is 0 Å². The molecule has 1 atom stereocenters. The first-order valence-electron chi connectivity index (χ1n) is 6.65. The molecule has 2 nitrogen and oxygen atoms in total. The Labute approximate surface area is 115 Å². The van der Waals surface area contributed by atoms with Crippen LogP contribution < -0.4 is 5.32 Å². The normalized spacial score (nSPS) is 12.3. The van der Waals surface area contributed by atoms with Gasteiger partial charge in [0.25, 0.3) is 0 Å². The van der Waals surface area contributed by atoms with E-state index < -0.39 is 0 Å². The van der Waals surface area contributed by atoms with Gasteiger partial charge in [0.15, 0.2) is 0 Å². The number of benzene rings is 2. The van der Waals surface area contributed by atoms with Gasteiger partial charge >= 0.3 is 0 Å². The highest BCUT2D eigenvalue weighted by atomic mass is 16.5. The molecule has 0 fully saturated rings. The van der Waals surface area contributed by atoms with Gasteiger partial charge in [-0.25, -0.2) is 0 Å². The molecule has 0 heterocycles. The monoisotopic (exact) mass is 255 g/mol. The van der Waals surface area contributed by atoms with Crippen molar-refractivity contribution in [3.8, 4) is 0 Å². The Balaban J connectivity index is 2.27. The van der Waals surface area contributed by atoms with Gasteiger partial charge in [0.05, 0.1) is 12.6 Å². The van der Waals surface area contributed by atoms with E-state index in [0.717, 1.165) is 13.2 Å². The van der Waals surface area contributed by atoms with Gasteiger partial charge in [0.2, 0.25) is 0 Å². The highest BCUT2D eigenvalue weighted by molar-refractivity contribution is 5.36. The quantitative estimate of drug-likeness (QED) is 0.799. The van der Waals surface area contributed by atoms with E-state index in [9.17, 15) is 0 Å². The summed E-state index contributed by atoms with van der Waals surface area (Å²) in [5, 5.41) is 3.57. The standard InChI is InChI=1S/C17H21NO/c1-14-8-6-7-11-16(14)17(18-12-13-19-2)15-9-4-3-5-10-15/h3-11,17-18H,12-13H2,1-2H3/t17-/m1/s1.